The molecule has 3 N–H and O–H groups in total. The number of likely N-dealkylation sites (N-methyl/N-ethyl adjacent to an activating group) is 1. The van der Waals surface area contributed by atoms with Crippen LogP contribution < -0.4 is 10.4 Å². The summed E-state index contributed by atoms with van der Waals surface area (Å²) in [6, 6.07) is 0. The van der Waals surface area contributed by atoms with Gasteiger partial charge in [-0.25, -0.2) is 4.79 Å². The lowest BCUT2D eigenvalue weighted by Gasteiger charge is -2.29. The predicted molar refractivity (Wildman–Crippen MR) is 130 cm³/mol. The molecule has 0 fully saturated rings. The lowest BCUT2D eigenvalue weighted by molar-refractivity contribution is -0.890. The summed E-state index contributed by atoms with van der Waals surface area (Å²) in [5, 5.41) is 30.1. The Balaban J connectivity index is 0. The van der Waals surface area contributed by atoms with E-state index in [0.717, 1.165) is 13.1 Å². The minimum Gasteiger partial charge on any atom is -0.545 e. The molecule has 35 heavy (non-hydrogen) atoms. The smallest absolute Gasteiger partial charge is 0.335 e. The van der Waals surface area contributed by atoms with Gasteiger partial charge in [-0.1, -0.05) is 6.58 Å². The molecule has 0 aliphatic carbocycles. The van der Waals surface area contributed by atoms with E-state index < -0.39 is 17.9 Å². The Bertz CT molecular complexity index is 720. The summed E-state index contributed by atoms with van der Waals surface area (Å²) in [6.45, 7) is 8.23. The van der Waals surface area contributed by atoms with Gasteiger partial charge in [-0.3, -0.25) is 9.59 Å². The molecule has 202 valence electrons. The maximum absolute atomic E-state index is 11.5. The van der Waals surface area contributed by atoms with E-state index in [-0.39, 0.29) is 24.4 Å². The number of nitrogens with one attached hydrogen (secondary N) is 1. The van der Waals surface area contributed by atoms with Crippen LogP contribution in [0.25, 0.3) is 0 Å². The molecule has 0 saturated carbocycles. The van der Waals surface area contributed by atoms with Gasteiger partial charge in [0.15, 0.2) is 0 Å². The molecule has 0 bridgehead atoms. The minimum atomic E-state index is -1.20. The molecule has 0 atom stereocenters. The number of esters is 1. The zero-order valence-corrected chi connectivity index (χ0v) is 21.8. The summed E-state index contributed by atoms with van der Waals surface area (Å²) >= 11 is 0. The largest absolute Gasteiger partial charge is 0.545 e. The standard InChI is InChI=1S/C13H24N2O4.C11H19NO4/c1-11(10-14-2)13(18)19-9-8-15(3,4)7-5-6-12(16)17;1-9(11(15)16)5-3-7-12(2)8-4-6-10(13)14/h10H,5-9H2,1-4H3,(H-,14,16,17,18);1,3-8H2,2H3,(H,13,14)(H,15,16). The molecule has 0 amide bonds. The molecule has 0 aromatic carbocycles. The van der Waals surface area contributed by atoms with Crippen LogP contribution in [0.4, 0.5) is 0 Å². The van der Waals surface area contributed by atoms with Crippen molar-refractivity contribution in [3.63, 3.8) is 0 Å². The van der Waals surface area contributed by atoms with Crippen molar-refractivity contribution < 1.29 is 43.7 Å². The van der Waals surface area contributed by atoms with Crippen molar-refractivity contribution in [2.75, 3.05) is 61.0 Å². The molecule has 0 radical (unpaired) electrons. The number of rotatable bonds is 18. The third-order valence-corrected chi connectivity index (χ3v) is 5.00. The number of nitrogens with zero attached hydrogens (tertiary/aromatic N) is 2. The summed E-state index contributed by atoms with van der Waals surface area (Å²) in [6.07, 6.45) is 4.25. The van der Waals surface area contributed by atoms with Gasteiger partial charge in [0.2, 0.25) is 0 Å². The number of carbonyl (C=O) groups excluding carboxylic acids is 2. The zero-order valence-electron chi connectivity index (χ0n) is 21.8. The van der Waals surface area contributed by atoms with E-state index in [1.54, 1.807) is 20.2 Å². The van der Waals surface area contributed by atoms with Crippen LogP contribution in [0.15, 0.2) is 23.9 Å². The number of carbonyl (C=O) groups is 4. The molecule has 0 unspecified atom stereocenters. The average Bonchev–Trinajstić information content (AvgIpc) is 2.73. The number of quaternary nitrogens is 1. The van der Waals surface area contributed by atoms with Crippen LogP contribution in [0.3, 0.4) is 0 Å². The highest BCUT2D eigenvalue weighted by molar-refractivity contribution is 5.87. The number of hydrogen-bond acceptors (Lipinski definition) is 8. The number of carboxylic acid groups (broad SMARTS) is 3. The molecule has 0 aliphatic heterocycles. The summed E-state index contributed by atoms with van der Waals surface area (Å²) in [7, 11) is 7.58. The van der Waals surface area contributed by atoms with Crippen LogP contribution in [0.2, 0.25) is 0 Å². The van der Waals surface area contributed by atoms with E-state index in [2.05, 4.69) is 11.9 Å². The Morgan fingerprint density at radius 3 is 2.00 bits per heavy atom. The third-order valence-electron chi connectivity index (χ3n) is 5.00. The van der Waals surface area contributed by atoms with E-state index in [9.17, 15) is 24.3 Å². The summed E-state index contributed by atoms with van der Waals surface area (Å²) in [5.74, 6) is -3.11. The predicted octanol–water partition coefficient (Wildman–Crippen LogP) is 0.463. The van der Waals surface area contributed by atoms with Crippen molar-refractivity contribution in [1.82, 2.24) is 10.2 Å². The summed E-state index contributed by atoms with van der Waals surface area (Å²) < 4.78 is 5.77. The highest BCUT2D eigenvalue weighted by Crippen LogP contribution is 2.04. The molecule has 11 heteroatoms. The Hall–Kier alpha value is -2.92. The van der Waals surface area contributed by atoms with Crippen LogP contribution in [0, 0.1) is 0 Å². The Labute approximate surface area is 208 Å². The van der Waals surface area contributed by atoms with Crippen LogP contribution in [0.1, 0.15) is 45.4 Å². The number of aliphatic carboxylic acids is 3. The van der Waals surface area contributed by atoms with Crippen molar-refractivity contribution in [2.45, 2.75) is 45.4 Å². The van der Waals surface area contributed by atoms with Crippen molar-refractivity contribution in [3.8, 4) is 0 Å². The highest BCUT2D eigenvalue weighted by Gasteiger charge is 2.16. The Morgan fingerprint density at radius 2 is 1.51 bits per heavy atom. The molecule has 11 nitrogen and oxygen atoms in total. The first-order chi connectivity index (χ1) is 16.2. The van der Waals surface area contributed by atoms with Gasteiger partial charge >= 0.3 is 17.9 Å². The number of carboxylic acids is 3. The quantitative estimate of drug-likeness (QED) is 0.137. The first kappa shape index (κ1) is 34.2. The molecule has 0 aliphatic rings. The van der Waals surface area contributed by atoms with E-state index in [4.69, 9.17) is 14.9 Å². The minimum absolute atomic E-state index is 0.110. The normalized spacial score (nSPS) is 11.3. The Kier molecular flexibility index (Phi) is 19.0. The van der Waals surface area contributed by atoms with Crippen LogP contribution in [-0.4, -0.2) is 104 Å². The maximum atomic E-state index is 11.5. The summed E-state index contributed by atoms with van der Waals surface area (Å²) in [4.78, 5) is 44.5. The fourth-order valence-electron chi connectivity index (χ4n) is 2.82. The van der Waals surface area contributed by atoms with Gasteiger partial charge in [0.05, 0.1) is 33.0 Å². The lowest BCUT2D eigenvalue weighted by Crippen LogP contribution is -2.43. The molecule has 0 spiro atoms. The van der Waals surface area contributed by atoms with Gasteiger partial charge in [0.1, 0.15) is 13.2 Å². The van der Waals surface area contributed by atoms with E-state index >= 15 is 0 Å². The number of ether oxygens (including phenoxy) is 1. The fraction of sp³-hybridized carbons (Fsp3) is 0.667. The van der Waals surface area contributed by atoms with Gasteiger partial charge in [-0.15, -0.1) is 0 Å². The van der Waals surface area contributed by atoms with E-state index in [1.807, 2.05) is 26.0 Å². The average molecular weight is 502 g/mol. The first-order valence-electron chi connectivity index (χ1n) is 11.6. The SMILES string of the molecule is C=C(CCCN(C)CCCC(=O)O)C(=O)[O-].CNC=C(C)C(=O)OCC[N+](C)(C)CCCC(=O)O. The van der Waals surface area contributed by atoms with Gasteiger partial charge in [0, 0.05) is 31.7 Å². The van der Waals surface area contributed by atoms with Crippen molar-refractivity contribution in [2.24, 2.45) is 0 Å². The van der Waals surface area contributed by atoms with Gasteiger partial charge in [-0.2, -0.15) is 0 Å². The fourth-order valence-corrected chi connectivity index (χ4v) is 2.82. The topological polar surface area (TPSA) is 156 Å². The van der Waals surface area contributed by atoms with Gasteiger partial charge in [0.25, 0.3) is 0 Å². The molecule has 0 aromatic heterocycles. The third kappa shape index (κ3) is 22.6. The van der Waals surface area contributed by atoms with E-state index in [1.165, 1.54) is 0 Å². The molecule has 0 rings (SSSR count). The Morgan fingerprint density at radius 1 is 1.00 bits per heavy atom. The highest BCUT2D eigenvalue weighted by atomic mass is 16.5. The number of hydrogen-bond donors (Lipinski definition) is 3. The second-order valence-corrected chi connectivity index (χ2v) is 8.93. The van der Waals surface area contributed by atoms with E-state index in [0.29, 0.717) is 55.4 Å². The second kappa shape index (κ2) is 19.4. The van der Waals surface area contributed by atoms with Gasteiger partial charge < -0.3 is 39.6 Å². The maximum Gasteiger partial charge on any atom is 0.335 e. The molecule has 0 heterocycles. The summed E-state index contributed by atoms with van der Waals surface area (Å²) in [5.41, 5.74) is 0.637. The zero-order chi connectivity index (χ0) is 27.4. The molecule has 0 aromatic rings. The van der Waals surface area contributed by atoms with Crippen LogP contribution in [0.5, 0.6) is 0 Å². The van der Waals surface area contributed by atoms with Crippen molar-refractivity contribution in [1.29, 1.82) is 0 Å². The van der Waals surface area contributed by atoms with Gasteiger partial charge in [-0.05, 0) is 51.9 Å². The second-order valence-electron chi connectivity index (χ2n) is 8.93. The monoisotopic (exact) mass is 501 g/mol. The van der Waals surface area contributed by atoms with Crippen LogP contribution in [-0.2, 0) is 23.9 Å². The van der Waals surface area contributed by atoms with Crippen molar-refractivity contribution in [3.05, 3.63) is 23.9 Å². The first-order valence-corrected chi connectivity index (χ1v) is 11.6. The lowest BCUT2D eigenvalue weighted by atomic mass is 10.1. The molecular weight excluding hydrogens is 458 g/mol. The molecular formula is C24H43N3O8. The van der Waals surface area contributed by atoms with Crippen molar-refractivity contribution >= 4 is 23.9 Å². The molecule has 0 saturated heterocycles. The van der Waals surface area contributed by atoms with Crippen LogP contribution >= 0.6 is 0 Å².